The summed E-state index contributed by atoms with van der Waals surface area (Å²) >= 11 is 0. The van der Waals surface area contributed by atoms with E-state index in [9.17, 15) is 0 Å². The third kappa shape index (κ3) is 5.88. The van der Waals surface area contributed by atoms with Gasteiger partial charge in [-0.2, -0.15) is 0 Å². The number of fused-ring (bicyclic) bond motifs is 1. The Morgan fingerprint density at radius 2 is 1.81 bits per heavy atom. The van der Waals surface area contributed by atoms with Crippen LogP contribution >= 0.6 is 0 Å². The summed E-state index contributed by atoms with van der Waals surface area (Å²) in [6, 6.07) is 12.0. The van der Waals surface area contributed by atoms with Crippen molar-refractivity contribution in [2.75, 3.05) is 37.0 Å². The van der Waals surface area contributed by atoms with Crippen LogP contribution in [0.25, 0.3) is 11.2 Å². The van der Waals surface area contributed by atoms with E-state index in [1.54, 1.807) is 7.11 Å². The van der Waals surface area contributed by atoms with Gasteiger partial charge in [0.15, 0.2) is 5.65 Å². The predicted octanol–water partition coefficient (Wildman–Crippen LogP) is 4.65. The van der Waals surface area contributed by atoms with Crippen LogP contribution in [0.1, 0.15) is 34.1 Å². The van der Waals surface area contributed by atoms with Gasteiger partial charge in [0.1, 0.15) is 17.1 Å². The highest BCUT2D eigenvalue weighted by atomic mass is 16.5. The van der Waals surface area contributed by atoms with E-state index < -0.39 is 0 Å². The molecular weight excluding hydrogens is 388 g/mol. The van der Waals surface area contributed by atoms with Crippen LogP contribution in [0.15, 0.2) is 36.4 Å². The van der Waals surface area contributed by atoms with Gasteiger partial charge >= 0.3 is 0 Å². The second kappa shape index (κ2) is 10.5. The van der Waals surface area contributed by atoms with Gasteiger partial charge in [0.25, 0.3) is 0 Å². The van der Waals surface area contributed by atoms with Gasteiger partial charge in [0.05, 0.1) is 7.11 Å². The SMILES string of the molecule is COc1cccc(Nc2nc3ccc(N(CC(C)C)CC(C)C)nc3n2CCCN)c1. The molecule has 0 fully saturated rings. The molecule has 0 saturated carbocycles. The Morgan fingerprint density at radius 3 is 2.45 bits per heavy atom. The van der Waals surface area contributed by atoms with Gasteiger partial charge in [-0.15, -0.1) is 0 Å². The van der Waals surface area contributed by atoms with Gasteiger partial charge in [0.2, 0.25) is 5.95 Å². The maximum Gasteiger partial charge on any atom is 0.209 e. The normalized spacial score (nSPS) is 11.5. The van der Waals surface area contributed by atoms with Crippen LogP contribution in [0, 0.1) is 11.8 Å². The van der Waals surface area contributed by atoms with Crippen LogP contribution in [0.5, 0.6) is 5.75 Å². The lowest BCUT2D eigenvalue weighted by atomic mass is 10.1. The van der Waals surface area contributed by atoms with E-state index in [4.69, 9.17) is 20.4 Å². The van der Waals surface area contributed by atoms with Gasteiger partial charge in [-0.25, -0.2) is 9.97 Å². The third-order valence-electron chi connectivity index (χ3n) is 4.98. The number of anilines is 3. The molecule has 0 aliphatic carbocycles. The highest BCUT2D eigenvalue weighted by Gasteiger charge is 2.17. The fraction of sp³-hybridized carbons (Fsp3) is 0.500. The molecule has 0 aliphatic heterocycles. The Bertz CT molecular complexity index is 971. The van der Waals surface area contributed by atoms with Gasteiger partial charge in [-0.3, -0.25) is 4.57 Å². The monoisotopic (exact) mass is 424 g/mol. The molecule has 168 valence electrons. The summed E-state index contributed by atoms with van der Waals surface area (Å²) in [4.78, 5) is 12.3. The molecule has 31 heavy (non-hydrogen) atoms. The van der Waals surface area contributed by atoms with Crippen molar-refractivity contribution in [3.63, 3.8) is 0 Å². The second-order valence-electron chi connectivity index (χ2n) is 8.79. The number of nitrogens with two attached hydrogens (primary N) is 1. The van der Waals surface area contributed by atoms with Gasteiger partial charge < -0.3 is 20.7 Å². The van der Waals surface area contributed by atoms with Crippen molar-refractivity contribution in [3.8, 4) is 5.75 Å². The molecule has 2 aromatic heterocycles. The fourth-order valence-corrected chi connectivity index (χ4v) is 3.70. The summed E-state index contributed by atoms with van der Waals surface area (Å²) in [5, 5.41) is 3.44. The van der Waals surface area contributed by atoms with Crippen molar-refractivity contribution in [1.29, 1.82) is 0 Å². The second-order valence-corrected chi connectivity index (χ2v) is 8.79. The number of aryl methyl sites for hydroxylation is 1. The number of nitrogens with one attached hydrogen (secondary N) is 1. The van der Waals surface area contributed by atoms with E-state index in [0.29, 0.717) is 18.4 Å². The number of hydrogen-bond acceptors (Lipinski definition) is 6. The number of nitrogens with zero attached hydrogens (tertiary/aromatic N) is 4. The van der Waals surface area contributed by atoms with E-state index in [1.165, 1.54) is 0 Å². The first kappa shape index (κ1) is 22.9. The Kier molecular flexibility index (Phi) is 7.74. The summed E-state index contributed by atoms with van der Waals surface area (Å²) in [6.45, 7) is 12.3. The highest BCUT2D eigenvalue weighted by Crippen LogP contribution is 2.26. The quantitative estimate of drug-likeness (QED) is 0.466. The van der Waals surface area contributed by atoms with Crippen molar-refractivity contribution in [3.05, 3.63) is 36.4 Å². The average molecular weight is 425 g/mol. The smallest absolute Gasteiger partial charge is 0.209 e. The summed E-state index contributed by atoms with van der Waals surface area (Å²) in [6.07, 6.45) is 0.853. The lowest BCUT2D eigenvalue weighted by molar-refractivity contribution is 0.415. The van der Waals surface area contributed by atoms with Gasteiger partial charge in [-0.05, 0) is 49.1 Å². The minimum Gasteiger partial charge on any atom is -0.497 e. The molecule has 0 unspecified atom stereocenters. The van der Waals surface area contributed by atoms with Crippen LogP contribution in [0.3, 0.4) is 0 Å². The lowest BCUT2D eigenvalue weighted by Crippen LogP contribution is -2.32. The van der Waals surface area contributed by atoms with E-state index in [-0.39, 0.29) is 0 Å². The molecular formula is C24H36N6O. The van der Waals surface area contributed by atoms with Crippen molar-refractivity contribution in [2.45, 2.75) is 40.7 Å². The highest BCUT2D eigenvalue weighted by molar-refractivity contribution is 5.78. The zero-order valence-corrected chi connectivity index (χ0v) is 19.4. The fourth-order valence-electron chi connectivity index (χ4n) is 3.70. The summed E-state index contributed by atoms with van der Waals surface area (Å²) in [5.41, 5.74) is 8.50. The average Bonchev–Trinajstić information content (AvgIpc) is 3.07. The Morgan fingerprint density at radius 1 is 1.06 bits per heavy atom. The molecule has 3 rings (SSSR count). The van der Waals surface area contributed by atoms with Crippen LogP contribution in [0.4, 0.5) is 17.5 Å². The zero-order valence-electron chi connectivity index (χ0n) is 19.4. The molecule has 1 aromatic carbocycles. The number of ether oxygens (including phenoxy) is 1. The third-order valence-corrected chi connectivity index (χ3v) is 4.98. The number of hydrogen-bond donors (Lipinski definition) is 2. The Hall–Kier alpha value is -2.80. The molecule has 3 aromatic rings. The number of rotatable bonds is 11. The molecule has 7 heteroatoms. The largest absolute Gasteiger partial charge is 0.497 e. The number of aromatic nitrogens is 3. The predicted molar refractivity (Wildman–Crippen MR) is 129 cm³/mol. The van der Waals surface area contributed by atoms with Gasteiger partial charge in [-0.1, -0.05) is 33.8 Å². The molecule has 7 nitrogen and oxygen atoms in total. The van der Waals surface area contributed by atoms with E-state index in [2.05, 4.69) is 54.6 Å². The topological polar surface area (TPSA) is 81.2 Å². The standard InChI is InChI=1S/C24H36N6O/c1-17(2)15-29(16-18(3)4)22-11-10-21-23(28-22)30(13-7-12-25)24(27-21)26-19-8-6-9-20(14-19)31-5/h6,8-11,14,17-18H,7,12-13,15-16,25H2,1-5H3,(H,26,27). The maximum absolute atomic E-state index is 5.82. The van der Waals surface area contributed by atoms with E-state index >= 15 is 0 Å². The number of benzene rings is 1. The first-order chi connectivity index (χ1) is 14.9. The summed E-state index contributed by atoms with van der Waals surface area (Å²) in [5.74, 6) is 3.68. The minimum absolute atomic E-state index is 0.559. The Balaban J connectivity index is 2.01. The van der Waals surface area contributed by atoms with Crippen molar-refractivity contribution < 1.29 is 4.74 Å². The summed E-state index contributed by atoms with van der Waals surface area (Å²) < 4.78 is 7.48. The summed E-state index contributed by atoms with van der Waals surface area (Å²) in [7, 11) is 1.67. The first-order valence-corrected chi connectivity index (χ1v) is 11.1. The van der Waals surface area contributed by atoms with Crippen LogP contribution < -0.4 is 20.7 Å². The molecule has 0 saturated heterocycles. The number of imidazole rings is 1. The zero-order chi connectivity index (χ0) is 22.4. The van der Waals surface area contributed by atoms with E-state index in [0.717, 1.165) is 60.4 Å². The van der Waals surface area contributed by atoms with Crippen molar-refractivity contribution in [2.24, 2.45) is 17.6 Å². The maximum atomic E-state index is 5.82. The molecule has 0 amide bonds. The van der Waals surface area contributed by atoms with Crippen LogP contribution in [-0.4, -0.2) is 41.3 Å². The molecule has 2 heterocycles. The van der Waals surface area contributed by atoms with Gasteiger partial charge in [0, 0.05) is 31.4 Å². The van der Waals surface area contributed by atoms with Crippen molar-refractivity contribution >= 4 is 28.6 Å². The van der Waals surface area contributed by atoms with Crippen LogP contribution in [0.2, 0.25) is 0 Å². The molecule has 3 N–H and O–H groups in total. The number of pyridine rings is 1. The lowest BCUT2D eigenvalue weighted by Gasteiger charge is -2.27. The molecule has 0 bridgehead atoms. The minimum atomic E-state index is 0.559. The van der Waals surface area contributed by atoms with Crippen molar-refractivity contribution in [1.82, 2.24) is 14.5 Å². The number of methoxy groups -OCH3 is 1. The van der Waals surface area contributed by atoms with E-state index in [1.807, 2.05) is 24.3 Å². The first-order valence-electron chi connectivity index (χ1n) is 11.1. The molecule has 0 spiro atoms. The van der Waals surface area contributed by atoms with Crippen LogP contribution in [-0.2, 0) is 6.54 Å². The molecule has 0 radical (unpaired) electrons. The molecule has 0 aliphatic rings. The Labute approximate surface area is 185 Å². The molecule has 0 atom stereocenters.